The molecule has 0 aliphatic carbocycles. The fourth-order valence-corrected chi connectivity index (χ4v) is 3.87. The van der Waals surface area contributed by atoms with Crippen molar-refractivity contribution in [3.8, 4) is 22.9 Å². The molecule has 148 valence electrons. The van der Waals surface area contributed by atoms with Crippen molar-refractivity contribution in [1.29, 1.82) is 0 Å². The first-order valence-corrected chi connectivity index (χ1v) is 9.87. The maximum absolute atomic E-state index is 13.0. The molecule has 8 nitrogen and oxygen atoms in total. The zero-order valence-corrected chi connectivity index (χ0v) is 16.9. The summed E-state index contributed by atoms with van der Waals surface area (Å²) in [4.78, 5) is 4.28. The molecule has 0 N–H and O–H groups in total. The Morgan fingerprint density at radius 1 is 1.07 bits per heavy atom. The molecule has 0 radical (unpaired) electrons. The number of methoxy groups -OCH3 is 2. The summed E-state index contributed by atoms with van der Waals surface area (Å²) in [5.41, 5.74) is 1.28. The number of hydrogen-bond acceptors (Lipinski definition) is 7. The number of sulfonamides is 1. The third-order valence-corrected chi connectivity index (χ3v) is 6.01. The second-order valence-electron chi connectivity index (χ2n) is 6.11. The second-order valence-corrected chi connectivity index (χ2v) is 8.15. The van der Waals surface area contributed by atoms with Gasteiger partial charge in [-0.25, -0.2) is 8.42 Å². The average Bonchev–Trinajstić information content (AvgIpc) is 3.14. The molecule has 0 fully saturated rings. The maximum Gasteiger partial charge on any atom is 0.243 e. The van der Waals surface area contributed by atoms with Crippen LogP contribution in [-0.4, -0.2) is 44.1 Å². The molecule has 3 aromatic rings. The molecule has 0 amide bonds. The van der Waals surface area contributed by atoms with Gasteiger partial charge in [0.05, 0.1) is 24.7 Å². The highest BCUT2D eigenvalue weighted by Crippen LogP contribution is 2.31. The number of benzene rings is 2. The van der Waals surface area contributed by atoms with Gasteiger partial charge in [-0.2, -0.15) is 9.29 Å². The fourth-order valence-electron chi connectivity index (χ4n) is 2.68. The first kappa shape index (κ1) is 19.8. The number of nitrogens with zero attached hydrogens (tertiary/aromatic N) is 3. The lowest BCUT2D eigenvalue weighted by molar-refractivity contribution is 0.392. The molecular formula is C19H21N3O5S. The lowest BCUT2D eigenvalue weighted by atomic mass is 10.2. The van der Waals surface area contributed by atoms with Gasteiger partial charge >= 0.3 is 0 Å². The number of aryl methyl sites for hydroxylation is 1. The molecule has 1 aromatic heterocycles. The van der Waals surface area contributed by atoms with Gasteiger partial charge in [0.1, 0.15) is 11.5 Å². The van der Waals surface area contributed by atoms with Crippen molar-refractivity contribution < 1.29 is 22.4 Å². The number of ether oxygens (including phenoxy) is 2. The quantitative estimate of drug-likeness (QED) is 0.599. The van der Waals surface area contributed by atoms with Crippen LogP contribution in [0.3, 0.4) is 0 Å². The van der Waals surface area contributed by atoms with Crippen molar-refractivity contribution >= 4 is 10.0 Å². The van der Waals surface area contributed by atoms with Crippen LogP contribution in [0, 0.1) is 6.92 Å². The Morgan fingerprint density at radius 3 is 2.36 bits per heavy atom. The van der Waals surface area contributed by atoms with E-state index in [1.807, 2.05) is 12.1 Å². The highest BCUT2D eigenvalue weighted by atomic mass is 32.2. The van der Waals surface area contributed by atoms with Crippen molar-refractivity contribution in [3.63, 3.8) is 0 Å². The highest BCUT2D eigenvalue weighted by molar-refractivity contribution is 7.89. The van der Waals surface area contributed by atoms with E-state index in [2.05, 4.69) is 10.1 Å². The van der Waals surface area contributed by atoms with Gasteiger partial charge in [0.2, 0.25) is 21.7 Å². The molecule has 0 atom stereocenters. The van der Waals surface area contributed by atoms with Crippen molar-refractivity contribution in [1.82, 2.24) is 14.4 Å². The Kier molecular flexibility index (Phi) is 5.66. The van der Waals surface area contributed by atoms with Gasteiger partial charge in [0.25, 0.3) is 0 Å². The summed E-state index contributed by atoms with van der Waals surface area (Å²) >= 11 is 0. The molecule has 0 aliphatic rings. The van der Waals surface area contributed by atoms with E-state index in [0.717, 1.165) is 5.56 Å². The van der Waals surface area contributed by atoms with Crippen molar-refractivity contribution in [2.24, 2.45) is 0 Å². The molecule has 1 heterocycles. The Morgan fingerprint density at radius 2 is 1.79 bits per heavy atom. The van der Waals surface area contributed by atoms with Crippen LogP contribution in [-0.2, 0) is 16.6 Å². The summed E-state index contributed by atoms with van der Waals surface area (Å²) in [5, 5.41) is 3.86. The molecule has 0 saturated heterocycles. The summed E-state index contributed by atoms with van der Waals surface area (Å²) in [6, 6.07) is 11.8. The van der Waals surface area contributed by atoms with E-state index in [4.69, 9.17) is 14.0 Å². The summed E-state index contributed by atoms with van der Waals surface area (Å²) in [5.74, 6) is 1.81. The zero-order chi connectivity index (χ0) is 20.3. The van der Waals surface area contributed by atoms with Gasteiger partial charge in [0.15, 0.2) is 0 Å². The van der Waals surface area contributed by atoms with Gasteiger partial charge in [-0.3, -0.25) is 0 Å². The van der Waals surface area contributed by atoms with Gasteiger partial charge < -0.3 is 14.0 Å². The molecule has 0 bridgehead atoms. The topological polar surface area (TPSA) is 94.8 Å². The molecule has 0 aliphatic heterocycles. The van der Waals surface area contributed by atoms with E-state index in [1.165, 1.54) is 30.6 Å². The molecule has 0 spiro atoms. The Labute approximate surface area is 163 Å². The smallest absolute Gasteiger partial charge is 0.243 e. The number of rotatable bonds is 7. The molecule has 2 aromatic carbocycles. The standard InChI is InChI=1S/C19H21N3O5S/c1-13-20-19(21-27-13)17-11-16(9-10-18(17)26-4)28(23,24)22(2)12-14-5-7-15(25-3)8-6-14/h5-11H,12H2,1-4H3. The van der Waals surface area contributed by atoms with E-state index in [-0.39, 0.29) is 17.3 Å². The molecule has 9 heteroatoms. The first-order valence-electron chi connectivity index (χ1n) is 8.43. The fraction of sp³-hybridized carbons (Fsp3) is 0.263. The van der Waals surface area contributed by atoms with Gasteiger partial charge in [0, 0.05) is 20.5 Å². The lowest BCUT2D eigenvalue weighted by Crippen LogP contribution is -2.26. The van der Waals surface area contributed by atoms with Crippen molar-refractivity contribution in [2.75, 3.05) is 21.3 Å². The minimum absolute atomic E-state index is 0.113. The summed E-state index contributed by atoms with van der Waals surface area (Å²) < 4.78 is 42.8. The molecule has 0 saturated carbocycles. The van der Waals surface area contributed by atoms with Crippen LogP contribution in [0.15, 0.2) is 51.9 Å². The molecule has 28 heavy (non-hydrogen) atoms. The van der Waals surface area contributed by atoms with Crippen molar-refractivity contribution in [3.05, 3.63) is 53.9 Å². The third kappa shape index (κ3) is 4.00. The summed E-state index contributed by atoms with van der Waals surface area (Å²) in [6.45, 7) is 1.88. The SMILES string of the molecule is COc1ccc(CN(C)S(=O)(=O)c2ccc(OC)c(-c3noc(C)n3)c2)cc1. The molecule has 0 unspecified atom stereocenters. The number of aromatic nitrogens is 2. The minimum atomic E-state index is -3.74. The van der Waals surface area contributed by atoms with E-state index >= 15 is 0 Å². The van der Waals surface area contributed by atoms with Gasteiger partial charge in [-0.1, -0.05) is 17.3 Å². The predicted molar refractivity (Wildman–Crippen MR) is 103 cm³/mol. The average molecular weight is 403 g/mol. The van der Waals surface area contributed by atoms with Crippen LogP contribution in [0.1, 0.15) is 11.5 Å². The predicted octanol–water partition coefficient (Wildman–Crippen LogP) is 2.88. The monoisotopic (exact) mass is 403 g/mol. The summed E-state index contributed by atoms with van der Waals surface area (Å²) in [7, 11) is 0.866. The van der Waals surface area contributed by atoms with E-state index in [0.29, 0.717) is 23.0 Å². The van der Waals surface area contributed by atoms with Crippen LogP contribution in [0.25, 0.3) is 11.4 Å². The normalized spacial score (nSPS) is 11.6. The van der Waals surface area contributed by atoms with Crippen LogP contribution in [0.2, 0.25) is 0 Å². The molecular weight excluding hydrogens is 382 g/mol. The minimum Gasteiger partial charge on any atom is -0.497 e. The maximum atomic E-state index is 13.0. The van der Waals surface area contributed by atoms with Crippen LogP contribution in [0.4, 0.5) is 0 Å². The van der Waals surface area contributed by atoms with Crippen LogP contribution < -0.4 is 9.47 Å². The first-order chi connectivity index (χ1) is 13.3. The van der Waals surface area contributed by atoms with E-state index in [1.54, 1.807) is 32.2 Å². The lowest BCUT2D eigenvalue weighted by Gasteiger charge is -2.18. The van der Waals surface area contributed by atoms with Gasteiger partial charge in [-0.15, -0.1) is 0 Å². The van der Waals surface area contributed by atoms with Gasteiger partial charge in [-0.05, 0) is 35.9 Å². The van der Waals surface area contributed by atoms with E-state index < -0.39 is 10.0 Å². The zero-order valence-electron chi connectivity index (χ0n) is 16.0. The Balaban J connectivity index is 1.91. The largest absolute Gasteiger partial charge is 0.497 e. The summed E-state index contributed by atoms with van der Waals surface area (Å²) in [6.07, 6.45) is 0. The van der Waals surface area contributed by atoms with Crippen molar-refractivity contribution in [2.45, 2.75) is 18.4 Å². The van der Waals surface area contributed by atoms with Crippen LogP contribution in [0.5, 0.6) is 11.5 Å². The number of hydrogen-bond donors (Lipinski definition) is 0. The Bertz CT molecular complexity index is 1060. The second kappa shape index (κ2) is 7.99. The third-order valence-electron chi connectivity index (χ3n) is 4.21. The Hall–Kier alpha value is -2.91. The van der Waals surface area contributed by atoms with Crippen LogP contribution >= 0.6 is 0 Å². The highest BCUT2D eigenvalue weighted by Gasteiger charge is 2.24. The van der Waals surface area contributed by atoms with E-state index in [9.17, 15) is 8.42 Å². The molecule has 3 rings (SSSR count).